The normalized spacial score (nSPS) is 13.3. The lowest BCUT2D eigenvalue weighted by Gasteiger charge is -2.18. The molecule has 1 aromatic heterocycles. The fourth-order valence-electron chi connectivity index (χ4n) is 1.85. The molecule has 0 bridgehead atoms. The summed E-state index contributed by atoms with van der Waals surface area (Å²) in [6.07, 6.45) is 1.73. The topological polar surface area (TPSA) is 57.4 Å². The quantitative estimate of drug-likeness (QED) is 0.872. The van der Waals surface area contributed by atoms with Gasteiger partial charge in [0, 0.05) is 22.5 Å². The zero-order valence-electron chi connectivity index (χ0n) is 10.3. The number of nitrogens with zero attached hydrogens (tertiary/aromatic N) is 1. The van der Waals surface area contributed by atoms with Crippen LogP contribution in [0, 0.1) is 0 Å². The van der Waals surface area contributed by atoms with E-state index in [9.17, 15) is 0 Å². The Hall–Kier alpha value is -1.88. The highest BCUT2D eigenvalue weighted by Crippen LogP contribution is 2.34. The van der Waals surface area contributed by atoms with Crippen LogP contribution in [0.15, 0.2) is 41.4 Å². The second kappa shape index (κ2) is 5.40. The molecule has 1 aliphatic rings. The Labute approximate surface area is 115 Å². The molecule has 5 heteroatoms. The van der Waals surface area contributed by atoms with Crippen molar-refractivity contribution in [3.05, 3.63) is 42.2 Å². The number of hydrogen-bond acceptors (Lipinski definition) is 5. The van der Waals surface area contributed by atoms with Crippen molar-refractivity contribution in [3.63, 3.8) is 0 Å². The van der Waals surface area contributed by atoms with Gasteiger partial charge in [0.2, 0.25) is 0 Å². The summed E-state index contributed by atoms with van der Waals surface area (Å²) in [5, 5.41) is 0. The lowest BCUT2D eigenvalue weighted by Crippen LogP contribution is -2.15. The number of anilines is 1. The van der Waals surface area contributed by atoms with Crippen LogP contribution in [0.25, 0.3) is 0 Å². The Bertz CT molecular complexity index is 589. The molecule has 0 amide bonds. The smallest absolute Gasteiger partial charge is 0.162 e. The number of pyridine rings is 1. The minimum absolute atomic E-state index is 0.609. The number of aromatic nitrogens is 1. The SMILES string of the molecule is Nc1ccnc(CSc2ccc3c(c2)OCCO3)c1. The second-order valence-corrected chi connectivity index (χ2v) is 5.22. The summed E-state index contributed by atoms with van der Waals surface area (Å²) >= 11 is 1.70. The van der Waals surface area contributed by atoms with E-state index in [0.29, 0.717) is 13.2 Å². The maximum atomic E-state index is 5.73. The molecule has 0 saturated heterocycles. The monoisotopic (exact) mass is 274 g/mol. The van der Waals surface area contributed by atoms with Crippen molar-refractivity contribution in [2.75, 3.05) is 18.9 Å². The Morgan fingerprint density at radius 3 is 2.79 bits per heavy atom. The number of benzene rings is 1. The van der Waals surface area contributed by atoms with Crippen LogP contribution in [0.5, 0.6) is 11.5 Å². The van der Waals surface area contributed by atoms with Crippen molar-refractivity contribution >= 4 is 17.4 Å². The number of nitrogens with two attached hydrogens (primary N) is 1. The number of rotatable bonds is 3. The van der Waals surface area contributed by atoms with Crippen LogP contribution in [0.4, 0.5) is 5.69 Å². The molecule has 98 valence electrons. The molecule has 2 heterocycles. The van der Waals surface area contributed by atoms with Gasteiger partial charge in [-0.3, -0.25) is 4.98 Å². The van der Waals surface area contributed by atoms with Gasteiger partial charge in [0.1, 0.15) is 13.2 Å². The first-order valence-corrected chi connectivity index (χ1v) is 7.03. The average Bonchev–Trinajstić information content (AvgIpc) is 2.45. The van der Waals surface area contributed by atoms with Gasteiger partial charge < -0.3 is 15.2 Å². The van der Waals surface area contributed by atoms with E-state index >= 15 is 0 Å². The summed E-state index contributed by atoms with van der Waals surface area (Å²) in [7, 11) is 0. The van der Waals surface area contributed by atoms with Gasteiger partial charge in [-0.25, -0.2) is 0 Å². The molecule has 0 atom stereocenters. The highest BCUT2D eigenvalue weighted by molar-refractivity contribution is 7.98. The Morgan fingerprint density at radius 1 is 1.11 bits per heavy atom. The van der Waals surface area contributed by atoms with Gasteiger partial charge >= 0.3 is 0 Å². The number of nitrogen functional groups attached to an aromatic ring is 1. The van der Waals surface area contributed by atoms with Crippen LogP contribution in [-0.4, -0.2) is 18.2 Å². The van der Waals surface area contributed by atoms with E-state index in [-0.39, 0.29) is 0 Å². The predicted molar refractivity (Wildman–Crippen MR) is 75.6 cm³/mol. The fraction of sp³-hybridized carbons (Fsp3) is 0.214. The molecule has 0 fully saturated rings. The third-order valence-electron chi connectivity index (χ3n) is 2.74. The first-order chi connectivity index (χ1) is 9.31. The summed E-state index contributed by atoms with van der Waals surface area (Å²) in [6.45, 7) is 1.23. The maximum absolute atomic E-state index is 5.73. The molecule has 0 aliphatic carbocycles. The molecule has 2 aromatic rings. The van der Waals surface area contributed by atoms with Crippen LogP contribution in [0.2, 0.25) is 0 Å². The summed E-state index contributed by atoms with van der Waals surface area (Å²) in [4.78, 5) is 5.42. The standard InChI is InChI=1S/C14H14N2O2S/c15-10-3-4-16-11(7-10)9-19-12-1-2-13-14(8-12)18-6-5-17-13/h1-4,7-8H,5-6,9H2,(H2,15,16). The number of hydrogen-bond donors (Lipinski definition) is 1. The first kappa shape index (κ1) is 12.2. The molecule has 0 saturated carbocycles. The van der Waals surface area contributed by atoms with Gasteiger partial charge in [0.05, 0.1) is 5.69 Å². The molecular weight excluding hydrogens is 260 g/mol. The van der Waals surface area contributed by atoms with Crippen LogP contribution >= 0.6 is 11.8 Å². The fourth-order valence-corrected chi connectivity index (χ4v) is 2.67. The Morgan fingerprint density at radius 2 is 1.95 bits per heavy atom. The van der Waals surface area contributed by atoms with Crippen molar-refractivity contribution in [1.82, 2.24) is 4.98 Å². The summed E-state index contributed by atoms with van der Waals surface area (Å²) in [6, 6.07) is 9.67. The molecule has 4 nitrogen and oxygen atoms in total. The largest absolute Gasteiger partial charge is 0.486 e. The van der Waals surface area contributed by atoms with Gasteiger partial charge in [-0.05, 0) is 30.3 Å². The second-order valence-electron chi connectivity index (χ2n) is 4.17. The van der Waals surface area contributed by atoms with Crippen LogP contribution in [0.3, 0.4) is 0 Å². The molecule has 2 N–H and O–H groups in total. The highest BCUT2D eigenvalue weighted by atomic mass is 32.2. The Kier molecular flexibility index (Phi) is 3.46. The summed E-state index contributed by atoms with van der Waals surface area (Å²) in [5.74, 6) is 2.42. The van der Waals surface area contributed by atoms with Crippen molar-refractivity contribution in [3.8, 4) is 11.5 Å². The molecule has 1 aromatic carbocycles. The van der Waals surface area contributed by atoms with Gasteiger partial charge in [-0.15, -0.1) is 11.8 Å². The molecule has 0 spiro atoms. The lowest BCUT2D eigenvalue weighted by molar-refractivity contribution is 0.171. The lowest BCUT2D eigenvalue weighted by atomic mass is 10.3. The summed E-state index contributed by atoms with van der Waals surface area (Å²) < 4.78 is 11.1. The van der Waals surface area contributed by atoms with Crippen molar-refractivity contribution in [1.29, 1.82) is 0 Å². The minimum Gasteiger partial charge on any atom is -0.486 e. The summed E-state index contributed by atoms with van der Waals surface area (Å²) in [5.41, 5.74) is 7.45. The average molecular weight is 274 g/mol. The van der Waals surface area contributed by atoms with E-state index in [1.54, 1.807) is 24.0 Å². The number of ether oxygens (including phenoxy) is 2. The highest BCUT2D eigenvalue weighted by Gasteiger charge is 2.11. The van der Waals surface area contributed by atoms with Crippen LogP contribution in [0.1, 0.15) is 5.69 Å². The predicted octanol–water partition coefficient (Wildman–Crippen LogP) is 2.73. The zero-order chi connectivity index (χ0) is 13.1. The van der Waals surface area contributed by atoms with Crippen LogP contribution in [-0.2, 0) is 5.75 Å². The minimum atomic E-state index is 0.609. The third-order valence-corrected chi connectivity index (χ3v) is 3.77. The molecule has 3 rings (SSSR count). The van der Waals surface area contributed by atoms with Crippen molar-refractivity contribution in [2.24, 2.45) is 0 Å². The van der Waals surface area contributed by atoms with E-state index in [4.69, 9.17) is 15.2 Å². The molecule has 0 unspecified atom stereocenters. The third kappa shape index (κ3) is 2.93. The molecule has 1 aliphatic heterocycles. The van der Waals surface area contributed by atoms with Gasteiger partial charge in [0.25, 0.3) is 0 Å². The maximum Gasteiger partial charge on any atom is 0.162 e. The van der Waals surface area contributed by atoms with Gasteiger partial charge in [0.15, 0.2) is 11.5 Å². The van der Waals surface area contributed by atoms with Crippen molar-refractivity contribution < 1.29 is 9.47 Å². The first-order valence-electron chi connectivity index (χ1n) is 6.04. The van der Waals surface area contributed by atoms with Crippen LogP contribution < -0.4 is 15.2 Å². The Balaban J connectivity index is 1.70. The zero-order valence-corrected chi connectivity index (χ0v) is 11.2. The number of thioether (sulfide) groups is 1. The van der Waals surface area contributed by atoms with E-state index in [1.165, 1.54) is 0 Å². The van der Waals surface area contributed by atoms with E-state index < -0.39 is 0 Å². The molecule has 0 radical (unpaired) electrons. The van der Waals surface area contributed by atoms with Crippen molar-refractivity contribution in [2.45, 2.75) is 10.6 Å². The van der Waals surface area contributed by atoms with E-state index in [1.807, 2.05) is 24.3 Å². The van der Waals surface area contributed by atoms with Gasteiger partial charge in [-0.2, -0.15) is 0 Å². The van der Waals surface area contributed by atoms with E-state index in [0.717, 1.165) is 33.5 Å². The van der Waals surface area contributed by atoms with Gasteiger partial charge in [-0.1, -0.05) is 0 Å². The van der Waals surface area contributed by atoms with E-state index in [2.05, 4.69) is 4.98 Å². The molecular formula is C14H14N2O2S. The number of fused-ring (bicyclic) bond motifs is 1. The molecule has 19 heavy (non-hydrogen) atoms.